The van der Waals surface area contributed by atoms with Crippen LogP contribution >= 0.6 is 0 Å². The predicted molar refractivity (Wildman–Crippen MR) is 70.0 cm³/mol. The minimum atomic E-state index is 0.586. The first-order valence-electron chi connectivity index (χ1n) is 5.73. The Morgan fingerprint density at radius 3 is 2.83 bits per heavy atom. The summed E-state index contributed by atoms with van der Waals surface area (Å²) in [6, 6.07) is 9.72. The molecule has 18 heavy (non-hydrogen) atoms. The van der Waals surface area contributed by atoms with Crippen molar-refractivity contribution in [2.24, 2.45) is 0 Å². The van der Waals surface area contributed by atoms with Crippen molar-refractivity contribution in [1.82, 2.24) is 9.97 Å². The van der Waals surface area contributed by atoms with Gasteiger partial charge in [-0.15, -0.1) is 0 Å². The van der Waals surface area contributed by atoms with Crippen molar-refractivity contribution in [3.63, 3.8) is 0 Å². The van der Waals surface area contributed by atoms with Gasteiger partial charge in [0.05, 0.1) is 23.5 Å². The van der Waals surface area contributed by atoms with Gasteiger partial charge in [-0.2, -0.15) is 5.26 Å². The fourth-order valence-electron chi connectivity index (χ4n) is 1.78. The lowest BCUT2D eigenvalue weighted by Crippen LogP contribution is -2.05. The van der Waals surface area contributed by atoms with Crippen molar-refractivity contribution in [3.05, 3.63) is 53.1 Å². The fraction of sp³-hybridized carbons (Fsp3) is 0.214. The van der Waals surface area contributed by atoms with Crippen LogP contribution < -0.4 is 5.32 Å². The first kappa shape index (κ1) is 12.1. The molecular weight excluding hydrogens is 224 g/mol. The van der Waals surface area contributed by atoms with Crippen LogP contribution in [0.2, 0.25) is 0 Å². The molecule has 0 unspecified atom stereocenters. The average Bonchev–Trinajstić information content (AvgIpc) is 2.37. The Hall–Kier alpha value is -2.41. The van der Waals surface area contributed by atoms with E-state index in [0.29, 0.717) is 12.1 Å². The maximum absolute atomic E-state index is 9.07. The first-order chi connectivity index (χ1) is 8.70. The van der Waals surface area contributed by atoms with Gasteiger partial charge in [0.25, 0.3) is 0 Å². The van der Waals surface area contributed by atoms with Crippen LogP contribution in [0.15, 0.2) is 30.5 Å². The molecule has 0 fully saturated rings. The molecule has 0 spiro atoms. The molecule has 2 aromatic rings. The molecule has 0 aliphatic heterocycles. The molecule has 90 valence electrons. The Balaban J connectivity index is 2.18. The zero-order valence-electron chi connectivity index (χ0n) is 10.4. The number of aryl methyl sites for hydroxylation is 2. The van der Waals surface area contributed by atoms with E-state index in [1.807, 2.05) is 32.0 Å². The van der Waals surface area contributed by atoms with Crippen LogP contribution in [0.4, 0.5) is 5.69 Å². The maximum Gasteiger partial charge on any atom is 0.125 e. The second kappa shape index (κ2) is 5.28. The summed E-state index contributed by atoms with van der Waals surface area (Å²) in [4.78, 5) is 8.37. The van der Waals surface area contributed by atoms with E-state index in [2.05, 4.69) is 21.4 Å². The van der Waals surface area contributed by atoms with Crippen LogP contribution in [-0.4, -0.2) is 9.97 Å². The van der Waals surface area contributed by atoms with Crippen LogP contribution in [0.3, 0.4) is 0 Å². The first-order valence-corrected chi connectivity index (χ1v) is 5.73. The molecule has 0 saturated heterocycles. The van der Waals surface area contributed by atoms with E-state index < -0.39 is 0 Å². The molecule has 4 nitrogen and oxygen atoms in total. The van der Waals surface area contributed by atoms with Crippen LogP contribution in [0.5, 0.6) is 0 Å². The van der Waals surface area contributed by atoms with Crippen molar-refractivity contribution in [1.29, 1.82) is 5.26 Å². The molecule has 0 atom stereocenters. The standard InChI is InChI=1S/C14H14N4/c1-10-4-3-5-12(8-15)14(10)17-9-13-6-7-16-11(2)18-13/h3-7,17H,9H2,1-2H3. The van der Waals surface area contributed by atoms with Gasteiger partial charge in [-0.05, 0) is 31.5 Å². The van der Waals surface area contributed by atoms with E-state index in [4.69, 9.17) is 5.26 Å². The molecular formula is C14H14N4. The summed E-state index contributed by atoms with van der Waals surface area (Å²) < 4.78 is 0. The lowest BCUT2D eigenvalue weighted by atomic mass is 10.1. The van der Waals surface area contributed by atoms with Gasteiger partial charge in [-0.3, -0.25) is 0 Å². The Morgan fingerprint density at radius 1 is 1.28 bits per heavy atom. The molecule has 0 aliphatic rings. The van der Waals surface area contributed by atoms with Gasteiger partial charge >= 0.3 is 0 Å². The van der Waals surface area contributed by atoms with Gasteiger partial charge in [-0.25, -0.2) is 9.97 Å². The van der Waals surface area contributed by atoms with Gasteiger partial charge in [0.1, 0.15) is 11.9 Å². The zero-order valence-corrected chi connectivity index (χ0v) is 10.4. The highest BCUT2D eigenvalue weighted by molar-refractivity contribution is 5.62. The second-order valence-electron chi connectivity index (χ2n) is 4.06. The molecule has 2 rings (SSSR count). The summed E-state index contributed by atoms with van der Waals surface area (Å²) in [5.74, 6) is 0.750. The SMILES string of the molecule is Cc1nccc(CNc2c(C)cccc2C#N)n1. The number of aromatic nitrogens is 2. The highest BCUT2D eigenvalue weighted by atomic mass is 14.9. The summed E-state index contributed by atoms with van der Waals surface area (Å²) in [6.07, 6.45) is 1.74. The van der Waals surface area contributed by atoms with E-state index in [1.165, 1.54) is 0 Å². The van der Waals surface area contributed by atoms with E-state index >= 15 is 0 Å². The van der Waals surface area contributed by atoms with Crippen LogP contribution in [-0.2, 0) is 6.54 Å². The van der Waals surface area contributed by atoms with E-state index in [9.17, 15) is 0 Å². The number of nitrogens with zero attached hydrogens (tertiary/aromatic N) is 3. The minimum Gasteiger partial charge on any atom is -0.378 e. The molecule has 0 amide bonds. The van der Waals surface area contributed by atoms with Gasteiger partial charge < -0.3 is 5.32 Å². The van der Waals surface area contributed by atoms with E-state index in [1.54, 1.807) is 12.3 Å². The number of anilines is 1. The highest BCUT2D eigenvalue weighted by Crippen LogP contribution is 2.20. The van der Waals surface area contributed by atoms with Gasteiger partial charge in [0.15, 0.2) is 0 Å². The Morgan fingerprint density at radius 2 is 2.11 bits per heavy atom. The number of para-hydroxylation sites is 1. The average molecular weight is 238 g/mol. The quantitative estimate of drug-likeness (QED) is 0.892. The van der Waals surface area contributed by atoms with Crippen LogP contribution in [0, 0.1) is 25.2 Å². The smallest absolute Gasteiger partial charge is 0.125 e. The number of rotatable bonds is 3. The molecule has 0 saturated carbocycles. The van der Waals surface area contributed by atoms with E-state index in [-0.39, 0.29) is 0 Å². The third kappa shape index (κ3) is 2.64. The third-order valence-corrected chi connectivity index (χ3v) is 2.67. The number of nitriles is 1. The molecule has 0 bridgehead atoms. The third-order valence-electron chi connectivity index (χ3n) is 2.67. The number of benzene rings is 1. The monoisotopic (exact) mass is 238 g/mol. The Bertz CT molecular complexity index is 599. The largest absolute Gasteiger partial charge is 0.378 e. The van der Waals surface area contributed by atoms with Gasteiger partial charge in [0, 0.05) is 6.20 Å². The molecule has 1 N–H and O–H groups in total. The van der Waals surface area contributed by atoms with Crippen molar-refractivity contribution in [3.8, 4) is 6.07 Å². The summed E-state index contributed by atoms with van der Waals surface area (Å²) in [7, 11) is 0. The summed E-state index contributed by atoms with van der Waals surface area (Å²) >= 11 is 0. The summed E-state index contributed by atoms with van der Waals surface area (Å²) in [6.45, 7) is 4.43. The van der Waals surface area contributed by atoms with Crippen LogP contribution in [0.1, 0.15) is 22.6 Å². The Labute approximate surface area is 106 Å². The van der Waals surface area contributed by atoms with E-state index in [0.717, 1.165) is 22.8 Å². The lowest BCUT2D eigenvalue weighted by molar-refractivity contribution is 0.954. The summed E-state index contributed by atoms with van der Waals surface area (Å²) in [5, 5.41) is 12.3. The molecule has 1 heterocycles. The minimum absolute atomic E-state index is 0.586. The summed E-state index contributed by atoms with van der Waals surface area (Å²) in [5.41, 5.74) is 3.49. The topological polar surface area (TPSA) is 61.6 Å². The second-order valence-corrected chi connectivity index (χ2v) is 4.06. The Kier molecular flexibility index (Phi) is 3.54. The maximum atomic E-state index is 9.07. The zero-order chi connectivity index (χ0) is 13.0. The normalized spacial score (nSPS) is 9.83. The molecule has 0 aliphatic carbocycles. The van der Waals surface area contributed by atoms with Crippen molar-refractivity contribution in [2.45, 2.75) is 20.4 Å². The van der Waals surface area contributed by atoms with Gasteiger partial charge in [0.2, 0.25) is 0 Å². The number of hydrogen-bond donors (Lipinski definition) is 1. The fourth-order valence-corrected chi connectivity index (χ4v) is 1.78. The van der Waals surface area contributed by atoms with Crippen LogP contribution in [0.25, 0.3) is 0 Å². The molecule has 0 radical (unpaired) electrons. The lowest BCUT2D eigenvalue weighted by Gasteiger charge is -2.10. The van der Waals surface area contributed by atoms with Crippen molar-refractivity contribution >= 4 is 5.69 Å². The molecule has 1 aromatic heterocycles. The van der Waals surface area contributed by atoms with Gasteiger partial charge in [-0.1, -0.05) is 12.1 Å². The van der Waals surface area contributed by atoms with Crippen molar-refractivity contribution in [2.75, 3.05) is 5.32 Å². The number of hydrogen-bond acceptors (Lipinski definition) is 4. The van der Waals surface area contributed by atoms with Crippen molar-refractivity contribution < 1.29 is 0 Å². The highest BCUT2D eigenvalue weighted by Gasteiger charge is 2.05. The number of nitrogens with one attached hydrogen (secondary N) is 1. The molecule has 1 aromatic carbocycles. The molecule has 4 heteroatoms. The predicted octanol–water partition coefficient (Wildman–Crippen LogP) is 2.58.